The van der Waals surface area contributed by atoms with E-state index in [0.717, 1.165) is 11.3 Å². The van der Waals surface area contributed by atoms with Gasteiger partial charge in [0.25, 0.3) is 0 Å². The van der Waals surface area contributed by atoms with E-state index in [0.29, 0.717) is 11.7 Å². The van der Waals surface area contributed by atoms with Gasteiger partial charge in [0.15, 0.2) is 5.13 Å². The molecule has 2 aromatic rings. The van der Waals surface area contributed by atoms with Crippen LogP contribution in [-0.2, 0) is 11.2 Å². The van der Waals surface area contributed by atoms with Gasteiger partial charge in [-0.15, -0.1) is 11.3 Å². The SMILES string of the molecule is CC(CN)C(=O)Nc1ncc(Cc2ccccc2)s1. The second-order valence-corrected chi connectivity index (χ2v) is 5.54. The largest absolute Gasteiger partial charge is 0.330 e. The molecule has 1 unspecified atom stereocenters. The van der Waals surface area contributed by atoms with Gasteiger partial charge < -0.3 is 11.1 Å². The lowest BCUT2D eigenvalue weighted by molar-refractivity contribution is -0.119. The van der Waals surface area contributed by atoms with E-state index in [1.54, 1.807) is 13.1 Å². The minimum absolute atomic E-state index is 0.0805. The van der Waals surface area contributed by atoms with Gasteiger partial charge in [-0.3, -0.25) is 4.79 Å². The summed E-state index contributed by atoms with van der Waals surface area (Å²) >= 11 is 1.50. The number of benzene rings is 1. The van der Waals surface area contributed by atoms with Crippen molar-refractivity contribution in [2.45, 2.75) is 13.3 Å². The summed E-state index contributed by atoms with van der Waals surface area (Å²) in [6.45, 7) is 2.14. The van der Waals surface area contributed by atoms with Crippen molar-refractivity contribution in [2.24, 2.45) is 11.7 Å². The maximum absolute atomic E-state index is 11.7. The Kier molecular flexibility index (Phi) is 4.65. The summed E-state index contributed by atoms with van der Waals surface area (Å²) in [4.78, 5) is 17.0. The highest BCUT2D eigenvalue weighted by atomic mass is 32.1. The highest BCUT2D eigenvalue weighted by molar-refractivity contribution is 7.15. The minimum atomic E-state index is -0.193. The fourth-order valence-electron chi connectivity index (χ4n) is 1.58. The average molecular weight is 275 g/mol. The molecule has 1 atom stereocenters. The number of nitrogens with two attached hydrogens (primary N) is 1. The minimum Gasteiger partial charge on any atom is -0.330 e. The zero-order valence-corrected chi connectivity index (χ0v) is 11.6. The van der Waals surface area contributed by atoms with Gasteiger partial charge >= 0.3 is 0 Å². The maximum atomic E-state index is 11.7. The molecule has 0 saturated carbocycles. The molecule has 100 valence electrons. The van der Waals surface area contributed by atoms with Crippen LogP contribution >= 0.6 is 11.3 Å². The molecule has 19 heavy (non-hydrogen) atoms. The molecule has 3 N–H and O–H groups in total. The van der Waals surface area contributed by atoms with Gasteiger partial charge in [0.1, 0.15) is 0 Å². The molecule has 2 rings (SSSR count). The zero-order chi connectivity index (χ0) is 13.7. The molecule has 0 saturated heterocycles. The van der Waals surface area contributed by atoms with E-state index in [1.165, 1.54) is 16.9 Å². The Morgan fingerprint density at radius 3 is 2.84 bits per heavy atom. The van der Waals surface area contributed by atoms with Crippen LogP contribution in [0.25, 0.3) is 0 Å². The summed E-state index contributed by atoms with van der Waals surface area (Å²) in [6, 6.07) is 10.2. The van der Waals surface area contributed by atoms with Crippen LogP contribution in [0.5, 0.6) is 0 Å². The molecule has 0 radical (unpaired) electrons. The van der Waals surface area contributed by atoms with Gasteiger partial charge in [-0.25, -0.2) is 4.98 Å². The fourth-order valence-corrected chi connectivity index (χ4v) is 2.43. The maximum Gasteiger partial charge on any atom is 0.230 e. The number of carbonyl (C=O) groups is 1. The summed E-state index contributed by atoms with van der Waals surface area (Å²) in [5.41, 5.74) is 6.69. The van der Waals surface area contributed by atoms with Gasteiger partial charge in [-0.05, 0) is 5.56 Å². The normalized spacial score (nSPS) is 12.1. The summed E-state index contributed by atoms with van der Waals surface area (Å²) < 4.78 is 0. The van der Waals surface area contributed by atoms with Crippen molar-refractivity contribution in [2.75, 3.05) is 11.9 Å². The van der Waals surface area contributed by atoms with E-state index in [-0.39, 0.29) is 11.8 Å². The van der Waals surface area contributed by atoms with E-state index in [1.807, 2.05) is 18.2 Å². The number of hydrogen-bond donors (Lipinski definition) is 2. The van der Waals surface area contributed by atoms with Crippen molar-refractivity contribution in [1.82, 2.24) is 4.98 Å². The number of nitrogens with zero attached hydrogens (tertiary/aromatic N) is 1. The lowest BCUT2D eigenvalue weighted by atomic mass is 10.1. The number of amides is 1. The lowest BCUT2D eigenvalue weighted by Crippen LogP contribution is -2.26. The summed E-state index contributed by atoms with van der Waals surface area (Å²) in [6.07, 6.45) is 2.64. The van der Waals surface area contributed by atoms with Crippen LogP contribution in [0, 0.1) is 5.92 Å². The molecule has 0 spiro atoms. The van der Waals surface area contributed by atoms with Crippen LogP contribution in [0.1, 0.15) is 17.4 Å². The molecule has 0 fully saturated rings. The molecule has 1 heterocycles. The monoisotopic (exact) mass is 275 g/mol. The van der Waals surface area contributed by atoms with Crippen molar-refractivity contribution in [3.05, 3.63) is 47.0 Å². The molecule has 4 nitrogen and oxygen atoms in total. The van der Waals surface area contributed by atoms with Gasteiger partial charge in [0.2, 0.25) is 5.91 Å². The number of rotatable bonds is 5. The molecule has 1 aromatic heterocycles. The molecule has 0 aliphatic heterocycles. The first-order valence-corrected chi connectivity index (χ1v) is 7.00. The number of hydrogen-bond acceptors (Lipinski definition) is 4. The first-order valence-electron chi connectivity index (χ1n) is 6.18. The molecular formula is C14H17N3OS. The number of nitrogens with one attached hydrogen (secondary N) is 1. The van der Waals surface area contributed by atoms with Crippen LogP contribution in [0.2, 0.25) is 0 Å². The third kappa shape index (κ3) is 3.87. The fraction of sp³-hybridized carbons (Fsp3) is 0.286. The highest BCUT2D eigenvalue weighted by Crippen LogP contribution is 2.21. The van der Waals surface area contributed by atoms with Crippen LogP contribution in [0.15, 0.2) is 36.5 Å². The predicted octanol–water partition coefficient (Wildman–Crippen LogP) is 2.27. The van der Waals surface area contributed by atoms with Crippen molar-refractivity contribution < 1.29 is 4.79 Å². The number of thiazole rings is 1. The van der Waals surface area contributed by atoms with E-state index in [4.69, 9.17) is 5.73 Å². The van der Waals surface area contributed by atoms with Gasteiger partial charge in [0.05, 0.1) is 0 Å². The second kappa shape index (κ2) is 6.45. The van der Waals surface area contributed by atoms with Crippen LogP contribution < -0.4 is 11.1 Å². The summed E-state index contributed by atoms with van der Waals surface area (Å²) in [5.74, 6) is -0.274. The number of aromatic nitrogens is 1. The second-order valence-electron chi connectivity index (χ2n) is 4.42. The van der Waals surface area contributed by atoms with Crippen molar-refractivity contribution in [1.29, 1.82) is 0 Å². The molecular weight excluding hydrogens is 258 g/mol. The van der Waals surface area contributed by atoms with Crippen LogP contribution in [0.4, 0.5) is 5.13 Å². The highest BCUT2D eigenvalue weighted by Gasteiger charge is 2.12. The number of anilines is 1. The predicted molar refractivity (Wildman–Crippen MR) is 78.2 cm³/mol. The molecule has 0 bridgehead atoms. The average Bonchev–Trinajstić information content (AvgIpc) is 2.86. The number of carbonyl (C=O) groups excluding carboxylic acids is 1. The van der Waals surface area contributed by atoms with Crippen molar-refractivity contribution in [3.8, 4) is 0 Å². The first-order chi connectivity index (χ1) is 9.19. The molecule has 0 aliphatic rings. The van der Waals surface area contributed by atoms with Crippen molar-refractivity contribution in [3.63, 3.8) is 0 Å². The Morgan fingerprint density at radius 1 is 1.42 bits per heavy atom. The van der Waals surface area contributed by atoms with Crippen LogP contribution in [0.3, 0.4) is 0 Å². The molecule has 1 aromatic carbocycles. The Hall–Kier alpha value is -1.72. The standard InChI is InChI=1S/C14H17N3OS/c1-10(8-15)13(18)17-14-16-9-12(19-14)7-11-5-3-2-4-6-11/h2-6,9-10H,7-8,15H2,1H3,(H,16,17,18). The Morgan fingerprint density at radius 2 is 2.16 bits per heavy atom. The summed E-state index contributed by atoms with van der Waals surface area (Å²) in [7, 11) is 0. The smallest absolute Gasteiger partial charge is 0.230 e. The van der Waals surface area contributed by atoms with Gasteiger partial charge in [-0.2, -0.15) is 0 Å². The summed E-state index contributed by atoms with van der Waals surface area (Å²) in [5, 5.41) is 3.42. The quantitative estimate of drug-likeness (QED) is 0.879. The topological polar surface area (TPSA) is 68.0 Å². The van der Waals surface area contributed by atoms with E-state index in [2.05, 4.69) is 22.4 Å². The first kappa shape index (κ1) is 13.7. The van der Waals surface area contributed by atoms with E-state index < -0.39 is 0 Å². The lowest BCUT2D eigenvalue weighted by Gasteiger charge is -2.06. The Balaban J connectivity index is 1.98. The Bertz CT molecular complexity index is 539. The van der Waals surface area contributed by atoms with Crippen molar-refractivity contribution >= 4 is 22.4 Å². The zero-order valence-electron chi connectivity index (χ0n) is 10.8. The van der Waals surface area contributed by atoms with Gasteiger partial charge in [-0.1, -0.05) is 37.3 Å². The van der Waals surface area contributed by atoms with E-state index in [9.17, 15) is 4.79 Å². The third-order valence-corrected chi connectivity index (χ3v) is 3.72. The van der Waals surface area contributed by atoms with Gasteiger partial charge in [0, 0.05) is 30.0 Å². The van der Waals surface area contributed by atoms with E-state index >= 15 is 0 Å². The van der Waals surface area contributed by atoms with Crippen LogP contribution in [-0.4, -0.2) is 17.4 Å². The molecule has 0 aliphatic carbocycles. The third-order valence-electron chi connectivity index (χ3n) is 2.81. The molecule has 1 amide bonds. The molecule has 5 heteroatoms. The Labute approximate surface area is 116 Å².